The summed E-state index contributed by atoms with van der Waals surface area (Å²) in [6.07, 6.45) is 6.65. The lowest BCUT2D eigenvalue weighted by molar-refractivity contribution is 0.0787. The normalized spacial score (nSPS) is 25.4. The van der Waals surface area contributed by atoms with Gasteiger partial charge in [-0.2, -0.15) is 5.10 Å². The van der Waals surface area contributed by atoms with Crippen molar-refractivity contribution in [3.8, 4) is 0 Å². The summed E-state index contributed by atoms with van der Waals surface area (Å²) < 4.78 is 1.90. The SMILES string of the molecule is CCC(C)C1CNC(CC(C)C)CN1Cc1cnn(C)c1. The van der Waals surface area contributed by atoms with Crippen LogP contribution in [0, 0.1) is 11.8 Å². The van der Waals surface area contributed by atoms with Gasteiger partial charge >= 0.3 is 0 Å². The number of rotatable bonds is 6. The third kappa shape index (κ3) is 4.55. The summed E-state index contributed by atoms with van der Waals surface area (Å²) >= 11 is 0. The molecule has 2 rings (SSSR count). The van der Waals surface area contributed by atoms with Gasteiger partial charge in [0, 0.05) is 50.5 Å². The van der Waals surface area contributed by atoms with Crippen LogP contribution in [0.5, 0.6) is 0 Å². The predicted molar refractivity (Wildman–Crippen MR) is 88.1 cm³/mol. The smallest absolute Gasteiger partial charge is 0.0534 e. The van der Waals surface area contributed by atoms with E-state index in [1.165, 1.54) is 18.4 Å². The minimum Gasteiger partial charge on any atom is -0.311 e. The molecule has 0 spiro atoms. The molecule has 0 saturated carbocycles. The Hall–Kier alpha value is -0.870. The molecule has 3 unspecified atom stereocenters. The van der Waals surface area contributed by atoms with E-state index in [0.717, 1.165) is 31.5 Å². The zero-order valence-corrected chi connectivity index (χ0v) is 14.3. The topological polar surface area (TPSA) is 33.1 Å². The van der Waals surface area contributed by atoms with Gasteiger partial charge in [0.1, 0.15) is 0 Å². The van der Waals surface area contributed by atoms with E-state index in [1.807, 2.05) is 17.9 Å². The zero-order valence-electron chi connectivity index (χ0n) is 14.3. The van der Waals surface area contributed by atoms with Crippen LogP contribution in [-0.4, -0.2) is 39.9 Å². The highest BCUT2D eigenvalue weighted by Gasteiger charge is 2.31. The quantitative estimate of drug-likeness (QED) is 0.875. The van der Waals surface area contributed by atoms with Crippen LogP contribution < -0.4 is 5.32 Å². The minimum absolute atomic E-state index is 0.627. The van der Waals surface area contributed by atoms with Crippen LogP contribution in [0.4, 0.5) is 0 Å². The molecule has 1 N–H and O–H groups in total. The first kappa shape index (κ1) is 16.5. The van der Waals surface area contributed by atoms with Crippen LogP contribution in [0.1, 0.15) is 46.1 Å². The second-order valence-electron chi connectivity index (χ2n) is 7.14. The van der Waals surface area contributed by atoms with Gasteiger partial charge < -0.3 is 5.32 Å². The summed E-state index contributed by atoms with van der Waals surface area (Å²) in [6.45, 7) is 12.6. The number of aryl methyl sites for hydroxylation is 1. The van der Waals surface area contributed by atoms with Crippen LogP contribution in [-0.2, 0) is 13.6 Å². The van der Waals surface area contributed by atoms with Crippen molar-refractivity contribution in [3.63, 3.8) is 0 Å². The molecule has 2 heterocycles. The molecule has 4 heteroatoms. The van der Waals surface area contributed by atoms with Crippen LogP contribution in [0.15, 0.2) is 12.4 Å². The molecule has 120 valence electrons. The molecular weight excluding hydrogens is 260 g/mol. The Morgan fingerprint density at radius 2 is 2.14 bits per heavy atom. The highest BCUT2D eigenvalue weighted by Crippen LogP contribution is 2.22. The standard InChI is InChI=1S/C17H32N4/c1-6-14(4)17-9-18-16(7-13(2)3)12-21(17)11-15-8-19-20(5)10-15/h8,10,13-14,16-18H,6-7,9,11-12H2,1-5H3. The second kappa shape index (κ2) is 7.41. The number of piperazine rings is 1. The van der Waals surface area contributed by atoms with Gasteiger partial charge in [0.15, 0.2) is 0 Å². The highest BCUT2D eigenvalue weighted by molar-refractivity contribution is 5.05. The molecule has 21 heavy (non-hydrogen) atoms. The molecule has 0 aliphatic carbocycles. The second-order valence-corrected chi connectivity index (χ2v) is 7.14. The molecule has 1 aromatic rings. The van der Waals surface area contributed by atoms with E-state index in [0.29, 0.717) is 12.1 Å². The molecule has 0 amide bonds. The van der Waals surface area contributed by atoms with Crippen LogP contribution in [0.2, 0.25) is 0 Å². The van der Waals surface area contributed by atoms with E-state index in [-0.39, 0.29) is 0 Å². The van der Waals surface area contributed by atoms with E-state index < -0.39 is 0 Å². The van der Waals surface area contributed by atoms with Gasteiger partial charge in [-0.15, -0.1) is 0 Å². The third-order valence-electron chi connectivity index (χ3n) is 4.74. The Morgan fingerprint density at radius 3 is 2.71 bits per heavy atom. The maximum Gasteiger partial charge on any atom is 0.0534 e. The van der Waals surface area contributed by atoms with Gasteiger partial charge in [-0.1, -0.05) is 34.1 Å². The van der Waals surface area contributed by atoms with Crippen molar-refractivity contribution in [1.29, 1.82) is 0 Å². The fourth-order valence-electron chi connectivity index (χ4n) is 3.43. The van der Waals surface area contributed by atoms with Crippen molar-refractivity contribution in [2.45, 2.75) is 59.2 Å². The summed E-state index contributed by atoms with van der Waals surface area (Å²) in [5, 5.41) is 8.09. The Labute approximate surface area is 129 Å². The number of nitrogens with zero attached hydrogens (tertiary/aromatic N) is 3. The van der Waals surface area contributed by atoms with Crippen molar-refractivity contribution >= 4 is 0 Å². The lowest BCUT2D eigenvalue weighted by Crippen LogP contribution is -2.58. The van der Waals surface area contributed by atoms with E-state index in [1.54, 1.807) is 0 Å². The van der Waals surface area contributed by atoms with Gasteiger partial charge in [0.2, 0.25) is 0 Å². The molecule has 1 aliphatic rings. The summed E-state index contributed by atoms with van der Waals surface area (Å²) in [7, 11) is 2.00. The average Bonchev–Trinajstić information content (AvgIpc) is 2.83. The minimum atomic E-state index is 0.627. The Kier molecular flexibility index (Phi) is 5.82. The van der Waals surface area contributed by atoms with Gasteiger partial charge in [-0.25, -0.2) is 0 Å². The monoisotopic (exact) mass is 292 g/mol. The number of hydrogen-bond acceptors (Lipinski definition) is 3. The summed E-state index contributed by atoms with van der Waals surface area (Å²) in [5.41, 5.74) is 1.33. The lowest BCUT2D eigenvalue weighted by atomic mass is 9.92. The third-order valence-corrected chi connectivity index (χ3v) is 4.74. The van der Waals surface area contributed by atoms with Gasteiger partial charge in [0.05, 0.1) is 6.20 Å². The predicted octanol–water partition coefficient (Wildman–Crippen LogP) is 2.65. The lowest BCUT2D eigenvalue weighted by Gasteiger charge is -2.43. The molecule has 3 atom stereocenters. The molecule has 0 radical (unpaired) electrons. The Morgan fingerprint density at radius 1 is 1.38 bits per heavy atom. The maximum absolute atomic E-state index is 4.31. The van der Waals surface area contributed by atoms with E-state index in [9.17, 15) is 0 Å². The first-order chi connectivity index (χ1) is 9.99. The molecule has 1 aliphatic heterocycles. The van der Waals surface area contributed by atoms with Crippen molar-refractivity contribution in [1.82, 2.24) is 20.0 Å². The summed E-state index contributed by atoms with van der Waals surface area (Å²) in [4.78, 5) is 2.68. The van der Waals surface area contributed by atoms with Crippen LogP contribution in [0.25, 0.3) is 0 Å². The molecule has 1 fully saturated rings. The van der Waals surface area contributed by atoms with Gasteiger partial charge in [-0.05, 0) is 18.3 Å². The Balaban J connectivity index is 2.04. The van der Waals surface area contributed by atoms with E-state index in [4.69, 9.17) is 0 Å². The first-order valence-corrected chi connectivity index (χ1v) is 8.44. The maximum atomic E-state index is 4.31. The average molecular weight is 292 g/mol. The van der Waals surface area contributed by atoms with Gasteiger partial charge in [-0.3, -0.25) is 9.58 Å². The van der Waals surface area contributed by atoms with Crippen LogP contribution in [0.3, 0.4) is 0 Å². The number of hydrogen-bond donors (Lipinski definition) is 1. The fraction of sp³-hybridized carbons (Fsp3) is 0.824. The zero-order chi connectivity index (χ0) is 15.4. The Bertz CT molecular complexity index is 426. The van der Waals surface area contributed by atoms with Crippen molar-refractivity contribution < 1.29 is 0 Å². The molecule has 4 nitrogen and oxygen atoms in total. The molecule has 0 aromatic carbocycles. The molecule has 1 aromatic heterocycles. The highest BCUT2D eigenvalue weighted by atomic mass is 15.3. The number of nitrogens with one attached hydrogen (secondary N) is 1. The summed E-state index contributed by atoms with van der Waals surface area (Å²) in [6, 6.07) is 1.26. The fourth-order valence-corrected chi connectivity index (χ4v) is 3.43. The van der Waals surface area contributed by atoms with Crippen molar-refractivity contribution in [2.24, 2.45) is 18.9 Å². The van der Waals surface area contributed by atoms with E-state index >= 15 is 0 Å². The molecule has 0 bridgehead atoms. The summed E-state index contributed by atoms with van der Waals surface area (Å²) in [5.74, 6) is 1.48. The van der Waals surface area contributed by atoms with Crippen molar-refractivity contribution in [3.05, 3.63) is 18.0 Å². The van der Waals surface area contributed by atoms with Crippen molar-refractivity contribution in [2.75, 3.05) is 13.1 Å². The molecular formula is C17H32N4. The van der Waals surface area contributed by atoms with Crippen LogP contribution >= 0.6 is 0 Å². The largest absolute Gasteiger partial charge is 0.311 e. The first-order valence-electron chi connectivity index (χ1n) is 8.44. The van der Waals surface area contributed by atoms with E-state index in [2.05, 4.69) is 49.2 Å². The van der Waals surface area contributed by atoms with Gasteiger partial charge in [0.25, 0.3) is 0 Å². The number of aromatic nitrogens is 2. The molecule has 1 saturated heterocycles.